The third-order valence-electron chi connectivity index (χ3n) is 3.20. The Morgan fingerprint density at radius 2 is 2.06 bits per heavy atom. The molecule has 4 nitrogen and oxygen atoms in total. The summed E-state index contributed by atoms with van der Waals surface area (Å²) in [6.45, 7) is 0.629. The fourth-order valence-electron chi connectivity index (χ4n) is 2.28. The molecule has 0 saturated carbocycles. The van der Waals surface area contributed by atoms with Crippen LogP contribution in [0.25, 0.3) is 0 Å². The second kappa shape index (κ2) is 4.30. The van der Waals surface area contributed by atoms with E-state index in [1.165, 1.54) is 5.56 Å². The average molecular weight is 229 g/mol. The Morgan fingerprint density at radius 3 is 2.88 bits per heavy atom. The molecule has 2 aromatic rings. The van der Waals surface area contributed by atoms with Gasteiger partial charge >= 0.3 is 0 Å². The van der Waals surface area contributed by atoms with Crippen LogP contribution in [0, 0.1) is 0 Å². The number of hydrogen-bond acceptors (Lipinski definition) is 3. The van der Waals surface area contributed by atoms with Crippen LogP contribution in [0.2, 0.25) is 0 Å². The molecule has 17 heavy (non-hydrogen) atoms. The second-order valence-corrected chi connectivity index (χ2v) is 4.50. The molecule has 1 aliphatic heterocycles. The molecule has 1 unspecified atom stereocenters. The van der Waals surface area contributed by atoms with Crippen LogP contribution in [-0.2, 0) is 19.4 Å². The minimum atomic E-state index is -0.256. The first kappa shape index (κ1) is 10.5. The summed E-state index contributed by atoms with van der Waals surface area (Å²) in [6, 6.07) is 10.2. The van der Waals surface area contributed by atoms with Gasteiger partial charge in [-0.05, 0) is 12.0 Å². The molecule has 0 bridgehead atoms. The van der Waals surface area contributed by atoms with Gasteiger partial charge in [-0.15, -0.1) is 10.2 Å². The van der Waals surface area contributed by atoms with E-state index >= 15 is 0 Å². The van der Waals surface area contributed by atoms with Crippen molar-refractivity contribution < 1.29 is 5.11 Å². The second-order valence-electron chi connectivity index (χ2n) is 4.50. The van der Waals surface area contributed by atoms with Crippen molar-refractivity contribution in [1.29, 1.82) is 0 Å². The fraction of sp³-hybridized carbons (Fsp3) is 0.385. The van der Waals surface area contributed by atoms with Gasteiger partial charge in [0.05, 0.1) is 12.6 Å². The Balaban J connectivity index is 1.87. The Morgan fingerprint density at radius 1 is 1.24 bits per heavy atom. The summed E-state index contributed by atoms with van der Waals surface area (Å²) in [5.41, 5.74) is 1.22. The Labute approximate surface area is 99.9 Å². The van der Waals surface area contributed by atoms with Crippen molar-refractivity contribution in [2.24, 2.45) is 0 Å². The SMILES string of the molecule is OC1CCc2nnc(Cc3ccccc3)n2C1. The first-order valence-electron chi connectivity index (χ1n) is 5.96. The predicted octanol–water partition coefficient (Wildman–Crippen LogP) is 1.18. The van der Waals surface area contributed by atoms with Crippen LogP contribution in [0.15, 0.2) is 30.3 Å². The Hall–Kier alpha value is -1.68. The zero-order valence-electron chi connectivity index (χ0n) is 9.58. The lowest BCUT2D eigenvalue weighted by Gasteiger charge is -2.19. The van der Waals surface area contributed by atoms with Crippen molar-refractivity contribution in [2.45, 2.75) is 31.9 Å². The first-order valence-corrected chi connectivity index (χ1v) is 5.96. The normalized spacial score (nSPS) is 19.0. The van der Waals surface area contributed by atoms with Gasteiger partial charge in [-0.3, -0.25) is 0 Å². The van der Waals surface area contributed by atoms with Crippen LogP contribution < -0.4 is 0 Å². The van der Waals surface area contributed by atoms with Crippen molar-refractivity contribution in [3.63, 3.8) is 0 Å². The number of hydrogen-bond donors (Lipinski definition) is 1. The minimum Gasteiger partial charge on any atom is -0.391 e. The number of fused-ring (bicyclic) bond motifs is 1. The highest BCUT2D eigenvalue weighted by Crippen LogP contribution is 2.17. The summed E-state index contributed by atoms with van der Waals surface area (Å²) in [5.74, 6) is 1.95. The summed E-state index contributed by atoms with van der Waals surface area (Å²) in [7, 11) is 0. The predicted molar refractivity (Wildman–Crippen MR) is 63.6 cm³/mol. The highest BCUT2D eigenvalue weighted by Gasteiger charge is 2.20. The van der Waals surface area contributed by atoms with Gasteiger partial charge in [-0.2, -0.15) is 0 Å². The maximum Gasteiger partial charge on any atom is 0.137 e. The molecule has 4 heteroatoms. The summed E-state index contributed by atoms with van der Waals surface area (Å²) >= 11 is 0. The van der Waals surface area contributed by atoms with Crippen LogP contribution in [-0.4, -0.2) is 26.0 Å². The molecule has 0 radical (unpaired) electrons. The van der Waals surface area contributed by atoms with Crippen molar-refractivity contribution in [2.75, 3.05) is 0 Å². The smallest absolute Gasteiger partial charge is 0.137 e. The summed E-state index contributed by atoms with van der Waals surface area (Å²) in [6.07, 6.45) is 2.14. The number of aliphatic hydroxyl groups is 1. The lowest BCUT2D eigenvalue weighted by atomic mass is 10.1. The lowest BCUT2D eigenvalue weighted by Crippen LogP contribution is -2.25. The quantitative estimate of drug-likeness (QED) is 0.841. The molecular formula is C13H15N3O. The molecule has 0 fully saturated rings. The van der Waals surface area contributed by atoms with Crippen molar-refractivity contribution in [1.82, 2.24) is 14.8 Å². The lowest BCUT2D eigenvalue weighted by molar-refractivity contribution is 0.129. The molecular weight excluding hydrogens is 214 g/mol. The summed E-state index contributed by atoms with van der Waals surface area (Å²) in [4.78, 5) is 0. The average Bonchev–Trinajstić information content (AvgIpc) is 2.73. The number of aromatic nitrogens is 3. The molecule has 2 heterocycles. The summed E-state index contributed by atoms with van der Waals surface area (Å²) < 4.78 is 2.06. The molecule has 1 aliphatic rings. The third-order valence-corrected chi connectivity index (χ3v) is 3.20. The van der Waals surface area contributed by atoms with Gasteiger partial charge in [-0.25, -0.2) is 0 Å². The highest BCUT2D eigenvalue weighted by atomic mass is 16.3. The largest absolute Gasteiger partial charge is 0.391 e. The highest BCUT2D eigenvalue weighted by molar-refractivity contribution is 5.19. The van der Waals surface area contributed by atoms with Gasteiger partial charge in [0.1, 0.15) is 11.6 Å². The molecule has 1 aromatic heterocycles. The van der Waals surface area contributed by atoms with Gasteiger partial charge in [0.2, 0.25) is 0 Å². The van der Waals surface area contributed by atoms with Crippen LogP contribution in [0.3, 0.4) is 0 Å². The molecule has 0 saturated heterocycles. The maximum atomic E-state index is 9.69. The van der Waals surface area contributed by atoms with E-state index in [2.05, 4.69) is 26.9 Å². The van der Waals surface area contributed by atoms with Gasteiger partial charge in [-0.1, -0.05) is 30.3 Å². The van der Waals surface area contributed by atoms with Gasteiger partial charge < -0.3 is 9.67 Å². The van der Waals surface area contributed by atoms with Crippen LogP contribution in [0.5, 0.6) is 0 Å². The number of aliphatic hydroxyl groups excluding tert-OH is 1. The van der Waals surface area contributed by atoms with Crippen LogP contribution in [0.4, 0.5) is 0 Å². The molecule has 1 aromatic carbocycles. The monoisotopic (exact) mass is 229 g/mol. The number of rotatable bonds is 2. The van der Waals surface area contributed by atoms with Crippen molar-refractivity contribution >= 4 is 0 Å². The third kappa shape index (κ3) is 2.08. The van der Waals surface area contributed by atoms with E-state index in [4.69, 9.17) is 0 Å². The van der Waals surface area contributed by atoms with Gasteiger partial charge in [0.25, 0.3) is 0 Å². The zero-order chi connectivity index (χ0) is 11.7. The van der Waals surface area contributed by atoms with Crippen molar-refractivity contribution in [3.05, 3.63) is 47.5 Å². The van der Waals surface area contributed by atoms with E-state index in [1.807, 2.05) is 18.2 Å². The summed E-state index contributed by atoms with van der Waals surface area (Å²) in [5, 5.41) is 18.1. The fourth-order valence-corrected chi connectivity index (χ4v) is 2.28. The molecule has 3 rings (SSSR count). The zero-order valence-corrected chi connectivity index (χ0v) is 9.58. The molecule has 0 amide bonds. The van der Waals surface area contributed by atoms with Crippen molar-refractivity contribution in [3.8, 4) is 0 Å². The van der Waals surface area contributed by atoms with E-state index in [-0.39, 0.29) is 6.10 Å². The van der Waals surface area contributed by atoms with E-state index < -0.39 is 0 Å². The standard InChI is InChI=1S/C13H15N3O/c17-11-6-7-12-14-15-13(16(12)9-11)8-10-4-2-1-3-5-10/h1-5,11,17H,6-9H2. The van der Waals surface area contributed by atoms with E-state index in [9.17, 15) is 5.11 Å². The molecule has 0 spiro atoms. The maximum absolute atomic E-state index is 9.69. The van der Waals surface area contributed by atoms with Gasteiger partial charge in [0.15, 0.2) is 0 Å². The van der Waals surface area contributed by atoms with E-state index in [0.29, 0.717) is 6.54 Å². The van der Waals surface area contributed by atoms with E-state index in [0.717, 1.165) is 30.9 Å². The first-order chi connectivity index (χ1) is 8.33. The number of aryl methyl sites for hydroxylation is 1. The molecule has 88 valence electrons. The van der Waals surface area contributed by atoms with Crippen LogP contribution >= 0.6 is 0 Å². The van der Waals surface area contributed by atoms with Crippen LogP contribution in [0.1, 0.15) is 23.6 Å². The topological polar surface area (TPSA) is 50.9 Å². The molecule has 1 atom stereocenters. The van der Waals surface area contributed by atoms with E-state index in [1.54, 1.807) is 0 Å². The molecule has 0 aliphatic carbocycles. The Bertz CT molecular complexity index is 507. The number of nitrogens with zero attached hydrogens (tertiary/aromatic N) is 3. The molecule has 1 N–H and O–H groups in total. The minimum absolute atomic E-state index is 0.256. The van der Waals surface area contributed by atoms with Gasteiger partial charge in [0, 0.05) is 12.8 Å². The Kier molecular flexibility index (Phi) is 2.65. The number of benzene rings is 1.